The van der Waals surface area contributed by atoms with Gasteiger partial charge >= 0.3 is 0 Å². The summed E-state index contributed by atoms with van der Waals surface area (Å²) in [5.41, 5.74) is 0. The number of aromatic nitrogens is 2. The van der Waals surface area contributed by atoms with Crippen LogP contribution in [0.25, 0.3) is 0 Å². The summed E-state index contributed by atoms with van der Waals surface area (Å²) < 4.78 is 3.83. The second-order valence-corrected chi connectivity index (χ2v) is 4.21. The highest BCUT2D eigenvalue weighted by Crippen LogP contribution is 2.09. The summed E-state index contributed by atoms with van der Waals surface area (Å²) in [6, 6.07) is 0. The van der Waals surface area contributed by atoms with Gasteiger partial charge in [-0.3, -0.25) is 4.99 Å². The van der Waals surface area contributed by atoms with Crippen LogP contribution in [0.2, 0.25) is 0 Å². The molecule has 0 unspecified atom stereocenters. The highest BCUT2D eigenvalue weighted by molar-refractivity contribution is 7.05. The molecule has 2 rings (SSSR count). The lowest BCUT2D eigenvalue weighted by Crippen LogP contribution is -2.36. The minimum absolute atomic E-state index is 0.834. The van der Waals surface area contributed by atoms with Gasteiger partial charge in [0.25, 0.3) is 0 Å². The molecule has 0 saturated heterocycles. The Kier molecular flexibility index (Phi) is 2.62. The van der Waals surface area contributed by atoms with E-state index >= 15 is 0 Å². The average molecular weight is 211 g/mol. The summed E-state index contributed by atoms with van der Waals surface area (Å²) in [4.78, 5) is 9.88. The third-order valence-corrected chi connectivity index (χ3v) is 2.82. The normalized spacial score (nSPS) is 15.9. The Labute approximate surface area is 87.2 Å². The van der Waals surface area contributed by atoms with E-state index < -0.39 is 0 Å². The number of hydrogen-bond donors (Lipinski definition) is 0. The molecule has 0 spiro atoms. The summed E-state index contributed by atoms with van der Waals surface area (Å²) >= 11 is 1.43. The van der Waals surface area contributed by atoms with Crippen molar-refractivity contribution in [2.24, 2.45) is 4.99 Å². The lowest BCUT2D eigenvalue weighted by Gasteiger charge is -2.23. The third-order valence-electron chi connectivity index (χ3n) is 2.17. The Morgan fingerprint density at radius 2 is 2.50 bits per heavy atom. The molecule has 1 aromatic heterocycles. The standard InChI is InChI=1S/C8H13N5S/c1-12-4-3-9-8(12)13(2)6-7-5-10-11-14-7/h5H,3-4,6H2,1-2H3. The van der Waals surface area contributed by atoms with E-state index in [1.165, 1.54) is 11.5 Å². The van der Waals surface area contributed by atoms with Gasteiger partial charge in [-0.15, -0.1) is 5.10 Å². The van der Waals surface area contributed by atoms with Crippen LogP contribution in [0.5, 0.6) is 0 Å². The predicted octanol–water partition coefficient (Wildman–Crippen LogP) is 0.271. The summed E-state index contributed by atoms with van der Waals surface area (Å²) in [6.07, 6.45) is 1.80. The number of aliphatic imine (C=N–C) groups is 1. The van der Waals surface area contributed by atoms with Gasteiger partial charge in [-0.1, -0.05) is 4.49 Å². The van der Waals surface area contributed by atoms with Crippen LogP contribution < -0.4 is 0 Å². The van der Waals surface area contributed by atoms with Gasteiger partial charge in [0.1, 0.15) is 0 Å². The molecule has 2 heterocycles. The van der Waals surface area contributed by atoms with E-state index in [9.17, 15) is 0 Å². The lowest BCUT2D eigenvalue weighted by atomic mass is 10.5. The second-order valence-electron chi connectivity index (χ2n) is 3.34. The summed E-state index contributed by atoms with van der Waals surface area (Å²) in [7, 11) is 4.10. The van der Waals surface area contributed by atoms with E-state index in [-0.39, 0.29) is 0 Å². The zero-order valence-corrected chi connectivity index (χ0v) is 9.16. The van der Waals surface area contributed by atoms with Gasteiger partial charge in [0.15, 0.2) is 5.96 Å². The molecule has 1 aliphatic rings. The third kappa shape index (κ3) is 1.84. The van der Waals surface area contributed by atoms with Crippen molar-refractivity contribution in [3.63, 3.8) is 0 Å². The van der Waals surface area contributed by atoms with E-state index in [1.807, 2.05) is 7.05 Å². The van der Waals surface area contributed by atoms with Crippen LogP contribution in [-0.4, -0.2) is 52.5 Å². The Morgan fingerprint density at radius 3 is 3.07 bits per heavy atom. The fourth-order valence-electron chi connectivity index (χ4n) is 1.49. The molecular weight excluding hydrogens is 198 g/mol. The monoisotopic (exact) mass is 211 g/mol. The number of guanidine groups is 1. The van der Waals surface area contributed by atoms with Crippen molar-refractivity contribution in [3.05, 3.63) is 11.1 Å². The van der Waals surface area contributed by atoms with E-state index in [1.54, 1.807) is 6.20 Å². The summed E-state index contributed by atoms with van der Waals surface area (Å²) in [6.45, 7) is 2.75. The highest BCUT2D eigenvalue weighted by atomic mass is 32.1. The van der Waals surface area contributed by atoms with Crippen LogP contribution in [0.3, 0.4) is 0 Å². The molecule has 14 heavy (non-hydrogen) atoms. The van der Waals surface area contributed by atoms with E-state index in [0.717, 1.165) is 30.5 Å². The van der Waals surface area contributed by atoms with Gasteiger partial charge in [0.05, 0.1) is 24.2 Å². The van der Waals surface area contributed by atoms with Gasteiger partial charge in [-0.05, 0) is 11.5 Å². The molecule has 0 aromatic carbocycles. The van der Waals surface area contributed by atoms with Crippen molar-refractivity contribution in [3.8, 4) is 0 Å². The zero-order valence-electron chi connectivity index (χ0n) is 8.34. The largest absolute Gasteiger partial charge is 0.344 e. The Morgan fingerprint density at radius 1 is 1.64 bits per heavy atom. The maximum Gasteiger partial charge on any atom is 0.196 e. The molecule has 0 aliphatic carbocycles. The van der Waals surface area contributed by atoms with E-state index in [0.29, 0.717) is 0 Å². The van der Waals surface area contributed by atoms with Crippen molar-refractivity contribution in [1.82, 2.24) is 19.4 Å². The van der Waals surface area contributed by atoms with Gasteiger partial charge in [0.2, 0.25) is 0 Å². The topological polar surface area (TPSA) is 44.6 Å². The molecule has 6 heteroatoms. The first-order valence-corrected chi connectivity index (χ1v) is 5.27. The second kappa shape index (κ2) is 3.91. The maximum atomic E-state index is 4.43. The van der Waals surface area contributed by atoms with Crippen LogP contribution in [0, 0.1) is 0 Å². The van der Waals surface area contributed by atoms with Crippen LogP contribution in [0.1, 0.15) is 4.88 Å². The van der Waals surface area contributed by atoms with Gasteiger partial charge in [-0.2, -0.15) is 0 Å². The molecule has 0 fully saturated rings. The first-order valence-electron chi connectivity index (χ1n) is 4.50. The SMILES string of the molecule is CN1CCN=C1N(C)Cc1cnns1. The molecule has 0 bridgehead atoms. The molecule has 1 aliphatic heterocycles. The van der Waals surface area contributed by atoms with Crippen LogP contribution >= 0.6 is 11.5 Å². The number of rotatable bonds is 2. The number of likely N-dealkylation sites (N-methyl/N-ethyl adjacent to an activating group) is 1. The molecule has 0 amide bonds. The van der Waals surface area contributed by atoms with Crippen molar-refractivity contribution >= 4 is 17.5 Å². The van der Waals surface area contributed by atoms with Gasteiger partial charge in [0, 0.05) is 20.6 Å². The van der Waals surface area contributed by atoms with Crippen molar-refractivity contribution in [2.45, 2.75) is 6.54 Å². The molecule has 0 atom stereocenters. The molecule has 0 radical (unpaired) electrons. The van der Waals surface area contributed by atoms with Crippen LogP contribution in [0.15, 0.2) is 11.2 Å². The molecule has 0 N–H and O–H groups in total. The van der Waals surface area contributed by atoms with Gasteiger partial charge < -0.3 is 9.80 Å². The van der Waals surface area contributed by atoms with Crippen molar-refractivity contribution < 1.29 is 0 Å². The average Bonchev–Trinajstić information content (AvgIpc) is 2.75. The fraction of sp³-hybridized carbons (Fsp3) is 0.625. The molecule has 1 aromatic rings. The number of hydrogen-bond acceptors (Lipinski definition) is 6. The fourth-order valence-corrected chi connectivity index (χ4v) is 2.04. The van der Waals surface area contributed by atoms with E-state index in [4.69, 9.17) is 0 Å². The van der Waals surface area contributed by atoms with Crippen LogP contribution in [-0.2, 0) is 6.54 Å². The first kappa shape index (κ1) is 9.39. The minimum Gasteiger partial charge on any atom is -0.344 e. The van der Waals surface area contributed by atoms with Crippen molar-refractivity contribution in [1.29, 1.82) is 0 Å². The van der Waals surface area contributed by atoms with Crippen LogP contribution in [0.4, 0.5) is 0 Å². The summed E-state index contributed by atoms with van der Waals surface area (Å²) in [5, 5.41) is 3.81. The first-order chi connectivity index (χ1) is 6.77. The summed E-state index contributed by atoms with van der Waals surface area (Å²) in [5.74, 6) is 1.05. The Bertz CT molecular complexity index is 320. The minimum atomic E-state index is 0.834. The maximum absolute atomic E-state index is 4.43. The zero-order chi connectivity index (χ0) is 9.97. The molecule has 5 nitrogen and oxygen atoms in total. The number of nitrogens with zero attached hydrogens (tertiary/aromatic N) is 5. The Balaban J connectivity index is 1.99. The lowest BCUT2D eigenvalue weighted by molar-refractivity contribution is 0.416. The smallest absolute Gasteiger partial charge is 0.196 e. The van der Waals surface area contributed by atoms with Gasteiger partial charge in [-0.25, -0.2) is 0 Å². The van der Waals surface area contributed by atoms with Crippen molar-refractivity contribution in [2.75, 3.05) is 27.2 Å². The predicted molar refractivity (Wildman–Crippen MR) is 56.3 cm³/mol. The molecular formula is C8H13N5S. The van der Waals surface area contributed by atoms with E-state index in [2.05, 4.69) is 31.4 Å². The molecule has 0 saturated carbocycles. The Hall–Kier alpha value is -1.17. The highest BCUT2D eigenvalue weighted by Gasteiger charge is 2.17. The molecule has 76 valence electrons. The quantitative estimate of drug-likeness (QED) is 0.704.